The van der Waals surface area contributed by atoms with Crippen LogP contribution in [0.5, 0.6) is 0 Å². The number of nitrogens with two attached hydrogens (primary N) is 1. The first kappa shape index (κ1) is 33.6. The third kappa shape index (κ3) is 7.09. The van der Waals surface area contributed by atoms with Crippen LogP contribution >= 0.6 is 46.5 Å². The van der Waals surface area contributed by atoms with Crippen molar-refractivity contribution in [2.24, 2.45) is 12.8 Å². The van der Waals surface area contributed by atoms with Gasteiger partial charge in [-0.15, -0.1) is 39.8 Å². The van der Waals surface area contributed by atoms with E-state index in [1.54, 1.807) is 12.4 Å². The van der Waals surface area contributed by atoms with Crippen LogP contribution < -0.4 is 16.4 Å². The molecule has 1 unspecified atom stereocenters. The molecule has 0 bridgehead atoms. The van der Waals surface area contributed by atoms with Crippen molar-refractivity contribution in [3.05, 3.63) is 94.1 Å². The Hall–Kier alpha value is -4.29. The number of β-lactam (4-membered cyclic amide) rings is 1. The van der Waals surface area contributed by atoms with Gasteiger partial charge in [0.1, 0.15) is 29.0 Å². The molecule has 4 heterocycles. The number of halogens is 1. The number of nitrogens with zero attached hydrogens (tertiary/aromatic N) is 6. The van der Waals surface area contributed by atoms with Crippen LogP contribution in [0.25, 0.3) is 0 Å². The number of amides is 3. The molecular formula is C30H28ClN9O5S3. The van der Waals surface area contributed by atoms with Crippen molar-refractivity contribution in [1.29, 1.82) is 0 Å². The number of alkyl halides is 1. The minimum absolute atomic E-state index is 0.122. The maximum absolute atomic E-state index is 14.2. The second-order valence-electron chi connectivity index (χ2n) is 10.6. The molecule has 4 N–H and O–H groups in total. The second-order valence-corrected chi connectivity index (χ2v) is 13.7. The van der Waals surface area contributed by atoms with Crippen molar-refractivity contribution in [3.8, 4) is 0 Å². The first-order chi connectivity index (χ1) is 23.2. The summed E-state index contributed by atoms with van der Waals surface area (Å²) in [6.07, 6.45) is -0.737. The van der Waals surface area contributed by atoms with Gasteiger partial charge in [-0.3, -0.25) is 19.3 Å². The molecular weight excluding hydrogens is 698 g/mol. The van der Waals surface area contributed by atoms with E-state index in [1.807, 2.05) is 60.7 Å². The van der Waals surface area contributed by atoms with Crippen LogP contribution in [-0.2, 0) is 31.0 Å². The number of carbonyl (C=O) groups is 4. The summed E-state index contributed by atoms with van der Waals surface area (Å²) in [5.41, 5.74) is 8.71. The molecule has 3 atom stereocenters. The number of fused-ring (bicyclic) bond motifs is 1. The first-order valence-electron chi connectivity index (χ1n) is 14.4. The standard InChI is InChI=1S/C30H28ClN9O5S3/c1-39-30(36-37-38-39)48-14-18-13-46-27-22(35-25(42)21(32)19-15-47-29(33-19)34-20(41)12-31)26(43)40(27)23(18)28(44)45-24(16-8-4-2-5-9-16)17-10-6-3-7-11-17/h2-11,15,21-22,24,27H,12-14,32H2,1H3,(H,35,42)(H,33,34,41)/t21?,22-,27+/m1/s1. The van der Waals surface area contributed by atoms with Gasteiger partial charge >= 0.3 is 5.97 Å². The number of rotatable bonds is 12. The molecule has 1 saturated heterocycles. The molecule has 2 aliphatic rings. The summed E-state index contributed by atoms with van der Waals surface area (Å²) in [6, 6.07) is 16.5. The molecule has 4 aromatic rings. The van der Waals surface area contributed by atoms with Crippen LogP contribution in [0.1, 0.15) is 29.0 Å². The molecule has 0 spiro atoms. The van der Waals surface area contributed by atoms with Crippen molar-refractivity contribution in [2.45, 2.75) is 28.7 Å². The Kier molecular flexibility index (Phi) is 10.4. The number of esters is 1. The minimum Gasteiger partial charge on any atom is -0.448 e. The fraction of sp³-hybridized carbons (Fsp3) is 0.267. The monoisotopic (exact) mass is 725 g/mol. The van der Waals surface area contributed by atoms with E-state index >= 15 is 0 Å². The van der Waals surface area contributed by atoms with Crippen molar-refractivity contribution in [2.75, 3.05) is 22.7 Å². The molecule has 3 amide bonds. The fourth-order valence-corrected chi connectivity index (χ4v) is 8.21. The average Bonchev–Trinajstić information content (AvgIpc) is 3.76. The highest BCUT2D eigenvalue weighted by molar-refractivity contribution is 8.01. The van der Waals surface area contributed by atoms with Crippen LogP contribution in [0.3, 0.4) is 0 Å². The summed E-state index contributed by atoms with van der Waals surface area (Å²) in [5.74, 6) is -1.78. The number of hydrogen-bond donors (Lipinski definition) is 3. The zero-order valence-electron chi connectivity index (χ0n) is 25.2. The minimum atomic E-state index is -1.21. The number of carbonyl (C=O) groups excluding carboxylic acids is 4. The molecule has 1 fully saturated rings. The van der Waals surface area contributed by atoms with Gasteiger partial charge in [0.25, 0.3) is 5.91 Å². The fourth-order valence-electron chi connectivity index (χ4n) is 5.04. The van der Waals surface area contributed by atoms with Gasteiger partial charge in [-0.25, -0.2) is 14.5 Å². The summed E-state index contributed by atoms with van der Waals surface area (Å²) in [4.78, 5) is 58.2. The van der Waals surface area contributed by atoms with Crippen LogP contribution in [-0.4, -0.2) is 82.6 Å². The van der Waals surface area contributed by atoms with Crippen molar-refractivity contribution in [3.63, 3.8) is 0 Å². The maximum Gasteiger partial charge on any atom is 0.356 e. The van der Waals surface area contributed by atoms with Gasteiger partial charge in [0, 0.05) is 23.9 Å². The van der Waals surface area contributed by atoms with E-state index in [0.29, 0.717) is 22.2 Å². The van der Waals surface area contributed by atoms with Gasteiger partial charge in [0.2, 0.25) is 17.0 Å². The van der Waals surface area contributed by atoms with E-state index in [0.717, 1.165) is 22.5 Å². The smallest absolute Gasteiger partial charge is 0.356 e. The van der Waals surface area contributed by atoms with Gasteiger partial charge in [0.05, 0.1) is 5.69 Å². The Morgan fingerprint density at radius 2 is 1.81 bits per heavy atom. The molecule has 0 radical (unpaired) electrons. The SMILES string of the molecule is Cn1nnnc1SCC1=C(C(=O)OC(c2ccccc2)c2ccccc2)N2C(=O)[C@@H](NC(=O)C(N)c3csc(NC(=O)CCl)n3)[C@@H]2SC1. The Labute approximate surface area is 291 Å². The van der Waals surface area contributed by atoms with E-state index < -0.39 is 47.3 Å². The van der Waals surface area contributed by atoms with E-state index in [4.69, 9.17) is 22.1 Å². The third-order valence-electron chi connectivity index (χ3n) is 7.42. The molecule has 2 aromatic heterocycles. The average molecular weight is 726 g/mol. The van der Waals surface area contributed by atoms with Gasteiger partial charge < -0.3 is 21.1 Å². The summed E-state index contributed by atoms with van der Waals surface area (Å²) in [7, 11) is 1.71. The number of tetrazole rings is 1. The largest absolute Gasteiger partial charge is 0.448 e. The number of ether oxygens (including phenoxy) is 1. The number of nitrogens with one attached hydrogen (secondary N) is 2. The number of benzene rings is 2. The molecule has 48 heavy (non-hydrogen) atoms. The molecule has 18 heteroatoms. The van der Waals surface area contributed by atoms with Crippen LogP contribution in [0, 0.1) is 0 Å². The van der Waals surface area contributed by atoms with E-state index in [2.05, 4.69) is 31.1 Å². The zero-order chi connectivity index (χ0) is 33.8. The van der Waals surface area contributed by atoms with Gasteiger partial charge in [-0.1, -0.05) is 72.4 Å². The first-order valence-corrected chi connectivity index (χ1v) is 17.9. The Morgan fingerprint density at radius 3 is 2.44 bits per heavy atom. The Balaban J connectivity index is 1.23. The topological polar surface area (TPSA) is 187 Å². The molecule has 2 aliphatic heterocycles. The number of thiazole rings is 1. The predicted octanol–water partition coefficient (Wildman–Crippen LogP) is 2.62. The molecule has 0 aliphatic carbocycles. The highest BCUT2D eigenvalue weighted by Crippen LogP contribution is 2.43. The highest BCUT2D eigenvalue weighted by Gasteiger charge is 2.55. The lowest BCUT2D eigenvalue weighted by molar-refractivity contribution is -0.154. The van der Waals surface area contributed by atoms with Crippen molar-refractivity contribution >= 4 is 75.3 Å². The quantitative estimate of drug-likeness (QED) is 0.0840. The van der Waals surface area contributed by atoms with Crippen molar-refractivity contribution < 1.29 is 23.9 Å². The summed E-state index contributed by atoms with van der Waals surface area (Å²) in [5, 5.41) is 18.5. The highest BCUT2D eigenvalue weighted by atomic mass is 35.5. The summed E-state index contributed by atoms with van der Waals surface area (Å²) in [6.45, 7) is 0. The van der Waals surface area contributed by atoms with E-state index in [1.165, 1.54) is 33.1 Å². The molecule has 2 aromatic carbocycles. The lowest BCUT2D eigenvalue weighted by Crippen LogP contribution is -2.71. The number of aryl methyl sites for hydroxylation is 1. The molecule has 0 saturated carbocycles. The van der Waals surface area contributed by atoms with Crippen LogP contribution in [0.4, 0.5) is 5.13 Å². The van der Waals surface area contributed by atoms with E-state index in [-0.39, 0.29) is 22.4 Å². The summed E-state index contributed by atoms with van der Waals surface area (Å²) >= 11 is 9.36. The third-order valence-corrected chi connectivity index (χ3v) is 10.9. The molecule has 14 nitrogen and oxygen atoms in total. The zero-order valence-corrected chi connectivity index (χ0v) is 28.4. The number of hydrogen-bond acceptors (Lipinski definition) is 13. The van der Waals surface area contributed by atoms with Crippen molar-refractivity contribution in [1.82, 2.24) is 35.4 Å². The van der Waals surface area contributed by atoms with Crippen LogP contribution in [0.15, 0.2) is 82.5 Å². The lowest BCUT2D eigenvalue weighted by Gasteiger charge is -2.50. The lowest BCUT2D eigenvalue weighted by atomic mass is 10.0. The Morgan fingerprint density at radius 1 is 1.12 bits per heavy atom. The second kappa shape index (κ2) is 14.9. The molecule has 248 valence electrons. The number of anilines is 1. The van der Waals surface area contributed by atoms with Crippen LogP contribution in [0.2, 0.25) is 0 Å². The van der Waals surface area contributed by atoms with Gasteiger partial charge in [-0.2, -0.15) is 0 Å². The van der Waals surface area contributed by atoms with Gasteiger partial charge in [-0.05, 0) is 27.1 Å². The van der Waals surface area contributed by atoms with E-state index in [9.17, 15) is 19.2 Å². The number of aromatic nitrogens is 5. The Bertz CT molecular complexity index is 1820. The molecule has 6 rings (SSSR count). The maximum atomic E-state index is 14.2. The summed E-state index contributed by atoms with van der Waals surface area (Å²) < 4.78 is 7.71. The number of thioether (sulfide) groups is 2. The van der Waals surface area contributed by atoms with Gasteiger partial charge in [0.15, 0.2) is 11.2 Å². The normalized spacial score (nSPS) is 17.8. The predicted molar refractivity (Wildman–Crippen MR) is 181 cm³/mol.